The Morgan fingerprint density at radius 1 is 1.47 bits per heavy atom. The summed E-state index contributed by atoms with van der Waals surface area (Å²) in [4.78, 5) is 4.59. The smallest absolute Gasteiger partial charge is 0.373 e. The molecule has 0 spiro atoms. The molecule has 4 atom stereocenters. The molecule has 0 saturated carbocycles. The van der Waals surface area contributed by atoms with Gasteiger partial charge >= 0.3 is 5.88 Å². The monoisotopic (exact) mass is 215 g/mol. The third kappa shape index (κ3) is 1.56. The van der Waals surface area contributed by atoms with Crippen LogP contribution in [-0.2, 0) is 4.74 Å². The lowest BCUT2D eigenvalue weighted by molar-refractivity contribution is -0.0696. The number of aliphatic imine (C=N–C) groups is 1. The van der Waals surface area contributed by atoms with Gasteiger partial charge in [-0.2, -0.15) is 0 Å². The maximum Gasteiger partial charge on any atom is 0.373 e. The van der Waals surface area contributed by atoms with Crippen LogP contribution in [0, 0.1) is 0 Å². The number of ether oxygens (including phenoxy) is 1. The van der Waals surface area contributed by atoms with Crippen molar-refractivity contribution >= 4 is 6.34 Å². The first kappa shape index (κ1) is 10.3. The van der Waals surface area contributed by atoms with Crippen LogP contribution in [0.4, 0.5) is 0 Å². The highest BCUT2D eigenvalue weighted by Gasteiger charge is 2.49. The molecule has 2 aliphatic rings. The third-order valence-corrected chi connectivity index (χ3v) is 2.36. The van der Waals surface area contributed by atoms with Crippen molar-refractivity contribution in [2.75, 3.05) is 6.61 Å². The molecule has 2 rings (SSSR count). The van der Waals surface area contributed by atoms with Crippen molar-refractivity contribution in [2.45, 2.75) is 24.5 Å². The second kappa shape index (κ2) is 3.73. The Balaban J connectivity index is 2.11. The van der Waals surface area contributed by atoms with Crippen LogP contribution in [-0.4, -0.2) is 62.8 Å². The van der Waals surface area contributed by atoms with Crippen molar-refractivity contribution in [1.82, 2.24) is 4.90 Å². The summed E-state index contributed by atoms with van der Waals surface area (Å²) in [6.07, 6.45) is -0.782. The quantitative estimate of drug-likeness (QED) is 0.397. The van der Waals surface area contributed by atoms with Crippen LogP contribution >= 0.6 is 0 Å². The van der Waals surface area contributed by atoms with E-state index in [2.05, 4.69) is 11.3 Å². The number of aliphatic hydroxyl groups is 4. The van der Waals surface area contributed by atoms with Gasteiger partial charge < -0.3 is 25.2 Å². The first-order chi connectivity index (χ1) is 7.15. The summed E-state index contributed by atoms with van der Waals surface area (Å²) in [7, 11) is 0. The van der Waals surface area contributed by atoms with E-state index in [0.29, 0.717) is 0 Å². The average Bonchev–Trinajstić information content (AvgIpc) is 2.74. The normalized spacial score (nSPS) is 39.4. The molecule has 0 unspecified atom stereocenters. The largest absolute Gasteiger partial charge is 0.424 e. The van der Waals surface area contributed by atoms with E-state index in [1.165, 1.54) is 0 Å². The van der Waals surface area contributed by atoms with Crippen molar-refractivity contribution in [2.24, 2.45) is 4.99 Å². The van der Waals surface area contributed by atoms with Gasteiger partial charge in [0.2, 0.25) is 12.4 Å². The number of aliphatic hydroxyl groups excluding tert-OH is 4. The first-order valence-corrected chi connectivity index (χ1v) is 4.41. The highest BCUT2D eigenvalue weighted by Crippen LogP contribution is 2.26. The molecule has 0 amide bonds. The van der Waals surface area contributed by atoms with E-state index in [1.54, 1.807) is 0 Å². The molecule has 15 heavy (non-hydrogen) atoms. The van der Waals surface area contributed by atoms with E-state index < -0.39 is 31.1 Å². The summed E-state index contributed by atoms with van der Waals surface area (Å²) < 4.78 is 5.14. The number of nitrogens with zero attached hydrogens (tertiary/aromatic N) is 2. The van der Waals surface area contributed by atoms with Crippen LogP contribution in [0.15, 0.2) is 17.1 Å². The SMILES string of the molecule is OC[C@H]1O[C@@H](N2[C+]=NC=C2O)[C@H](O)[C@@H]1O. The van der Waals surface area contributed by atoms with E-state index in [1.807, 2.05) is 0 Å². The van der Waals surface area contributed by atoms with E-state index in [-0.39, 0.29) is 5.88 Å². The Bertz CT molecular complexity index is 305. The summed E-state index contributed by atoms with van der Waals surface area (Å²) >= 11 is 0. The Morgan fingerprint density at radius 2 is 2.20 bits per heavy atom. The summed E-state index contributed by atoms with van der Waals surface area (Å²) in [5.74, 6) is -0.232. The lowest BCUT2D eigenvalue weighted by Gasteiger charge is -2.16. The van der Waals surface area contributed by atoms with Gasteiger partial charge in [0, 0.05) is 0 Å². The molecular weight excluding hydrogens is 204 g/mol. The molecule has 1 saturated heterocycles. The van der Waals surface area contributed by atoms with Gasteiger partial charge in [0.15, 0.2) is 0 Å². The number of rotatable bonds is 2. The van der Waals surface area contributed by atoms with Gasteiger partial charge in [-0.25, -0.2) is 0 Å². The molecule has 2 aliphatic heterocycles. The second-order valence-corrected chi connectivity index (χ2v) is 3.32. The molecular formula is C8H11N2O5+. The lowest BCUT2D eigenvalue weighted by Crippen LogP contribution is -2.42. The zero-order valence-electron chi connectivity index (χ0n) is 7.69. The maximum atomic E-state index is 9.59. The lowest BCUT2D eigenvalue weighted by atomic mass is 10.1. The number of hydrogen-bond acceptors (Lipinski definition) is 7. The van der Waals surface area contributed by atoms with Crippen molar-refractivity contribution in [1.29, 1.82) is 0 Å². The Labute approximate surface area is 85.5 Å². The van der Waals surface area contributed by atoms with Gasteiger partial charge in [-0.15, -0.1) is 4.90 Å². The van der Waals surface area contributed by atoms with Gasteiger partial charge in [-0.1, -0.05) is 0 Å². The molecule has 0 radical (unpaired) electrons. The topological polar surface area (TPSA) is 106 Å². The van der Waals surface area contributed by atoms with E-state index in [9.17, 15) is 15.3 Å². The van der Waals surface area contributed by atoms with Crippen molar-refractivity contribution in [3.05, 3.63) is 12.1 Å². The molecule has 0 bridgehead atoms. The number of hydrogen-bond donors (Lipinski definition) is 4. The standard InChI is InChI=1S/C8H10N2O5/c11-2-4-6(13)7(14)8(15-4)10-3-9-1-5(10)12/h1,4,6-8,11,13-14H,2H2/p+1/t4-,6-,7-,8-/m1/s1. The summed E-state index contributed by atoms with van der Waals surface area (Å²) in [6.45, 7) is -0.413. The van der Waals surface area contributed by atoms with E-state index in [4.69, 9.17) is 9.84 Å². The van der Waals surface area contributed by atoms with Gasteiger partial charge in [0.1, 0.15) is 18.3 Å². The highest BCUT2D eigenvalue weighted by molar-refractivity contribution is 5.61. The fourth-order valence-electron chi connectivity index (χ4n) is 1.54. The maximum absolute atomic E-state index is 9.59. The van der Waals surface area contributed by atoms with Crippen LogP contribution < -0.4 is 0 Å². The fourth-order valence-corrected chi connectivity index (χ4v) is 1.54. The third-order valence-electron chi connectivity index (χ3n) is 2.36. The van der Waals surface area contributed by atoms with Gasteiger partial charge in [-0.05, 0) is 4.99 Å². The molecule has 7 nitrogen and oxygen atoms in total. The van der Waals surface area contributed by atoms with Gasteiger partial charge in [-0.3, -0.25) is 0 Å². The van der Waals surface area contributed by atoms with Crippen LogP contribution in [0.2, 0.25) is 0 Å². The Kier molecular flexibility index (Phi) is 2.56. The molecule has 0 aromatic heterocycles. The van der Waals surface area contributed by atoms with Crippen molar-refractivity contribution in [3.8, 4) is 0 Å². The molecule has 1 fully saturated rings. The average molecular weight is 215 g/mol. The highest BCUT2D eigenvalue weighted by atomic mass is 16.6. The van der Waals surface area contributed by atoms with Crippen LogP contribution in [0.25, 0.3) is 0 Å². The summed E-state index contributed by atoms with van der Waals surface area (Å²) in [6, 6.07) is 0. The zero-order valence-corrected chi connectivity index (χ0v) is 7.69. The molecule has 82 valence electrons. The molecule has 2 heterocycles. The first-order valence-electron chi connectivity index (χ1n) is 4.41. The minimum absolute atomic E-state index is 0.232. The Hall–Kier alpha value is -1.24. The molecule has 0 aromatic rings. The predicted molar refractivity (Wildman–Crippen MR) is 47.7 cm³/mol. The van der Waals surface area contributed by atoms with Crippen LogP contribution in [0.1, 0.15) is 0 Å². The second-order valence-electron chi connectivity index (χ2n) is 3.32. The van der Waals surface area contributed by atoms with E-state index in [0.717, 1.165) is 11.1 Å². The van der Waals surface area contributed by atoms with Crippen molar-refractivity contribution < 1.29 is 25.2 Å². The predicted octanol–water partition coefficient (Wildman–Crippen LogP) is -2.00. The molecule has 7 heteroatoms. The fraction of sp³-hybridized carbons (Fsp3) is 0.625. The van der Waals surface area contributed by atoms with Gasteiger partial charge in [0.25, 0.3) is 6.34 Å². The van der Waals surface area contributed by atoms with Crippen LogP contribution in [0.3, 0.4) is 0 Å². The van der Waals surface area contributed by atoms with Gasteiger partial charge in [0.05, 0.1) is 6.61 Å². The minimum atomic E-state index is -1.24. The molecule has 4 N–H and O–H groups in total. The molecule has 0 aromatic carbocycles. The van der Waals surface area contributed by atoms with Crippen LogP contribution in [0.5, 0.6) is 0 Å². The van der Waals surface area contributed by atoms with E-state index >= 15 is 0 Å². The molecule has 0 aliphatic carbocycles. The summed E-state index contributed by atoms with van der Waals surface area (Å²) in [5, 5.41) is 37.2. The minimum Gasteiger partial charge on any atom is -0.424 e. The summed E-state index contributed by atoms with van der Waals surface area (Å²) in [5.41, 5.74) is 0. The Morgan fingerprint density at radius 3 is 2.67 bits per heavy atom. The zero-order chi connectivity index (χ0) is 11.0. The van der Waals surface area contributed by atoms with Crippen molar-refractivity contribution in [3.63, 3.8) is 0 Å².